The fraction of sp³-hybridized carbons (Fsp3) is 0.500. The zero-order chi connectivity index (χ0) is 19.3. The third kappa shape index (κ3) is 4.30. The first-order chi connectivity index (χ1) is 12.4. The number of para-hydroxylation sites is 2. The van der Waals surface area contributed by atoms with E-state index in [0.717, 1.165) is 0 Å². The first-order valence-corrected chi connectivity index (χ1v) is 9.86. The van der Waals surface area contributed by atoms with Crippen molar-refractivity contribution in [2.24, 2.45) is 5.92 Å². The van der Waals surface area contributed by atoms with E-state index in [1.165, 1.54) is 12.0 Å². The molecule has 0 spiro atoms. The number of ether oxygens (including phenoxy) is 1. The van der Waals surface area contributed by atoms with Crippen molar-refractivity contribution in [1.82, 2.24) is 5.32 Å². The Labute approximate surface area is 157 Å². The number of urea groups is 1. The predicted molar refractivity (Wildman–Crippen MR) is 104 cm³/mol. The second-order valence-corrected chi connectivity index (χ2v) is 7.36. The minimum Gasteiger partial charge on any atom is -0.467 e. The summed E-state index contributed by atoms with van der Waals surface area (Å²) in [6.45, 7) is 3.76. The van der Waals surface area contributed by atoms with Gasteiger partial charge >= 0.3 is 12.0 Å². The van der Waals surface area contributed by atoms with E-state index in [0.29, 0.717) is 23.5 Å². The second kappa shape index (κ2) is 8.93. The summed E-state index contributed by atoms with van der Waals surface area (Å²) in [5, 5.41) is 5.58. The van der Waals surface area contributed by atoms with Crippen LogP contribution in [-0.4, -0.2) is 49.1 Å². The van der Waals surface area contributed by atoms with Gasteiger partial charge in [0.2, 0.25) is 5.91 Å². The Bertz CT molecular complexity index is 680. The Hall–Kier alpha value is -2.22. The number of hydrogen-bond acceptors (Lipinski definition) is 5. The monoisotopic (exact) mass is 379 g/mol. The van der Waals surface area contributed by atoms with Gasteiger partial charge < -0.3 is 15.4 Å². The number of methoxy groups -OCH3 is 1. The average Bonchev–Trinajstić information content (AvgIpc) is 2.62. The maximum Gasteiger partial charge on any atom is 0.328 e. The van der Waals surface area contributed by atoms with E-state index < -0.39 is 24.1 Å². The number of anilines is 2. The Morgan fingerprint density at radius 3 is 2.65 bits per heavy atom. The number of amides is 3. The van der Waals surface area contributed by atoms with Gasteiger partial charge in [0, 0.05) is 0 Å². The minimum absolute atomic E-state index is 0.100. The molecular weight excluding hydrogens is 354 g/mol. The van der Waals surface area contributed by atoms with Gasteiger partial charge in [-0.05, 0) is 36.5 Å². The number of rotatable bonds is 6. The van der Waals surface area contributed by atoms with Gasteiger partial charge in [-0.2, -0.15) is 11.8 Å². The molecule has 0 unspecified atom stereocenters. The first-order valence-electron chi connectivity index (χ1n) is 8.47. The summed E-state index contributed by atoms with van der Waals surface area (Å²) in [4.78, 5) is 39.0. The predicted octanol–water partition coefficient (Wildman–Crippen LogP) is 2.47. The lowest BCUT2D eigenvalue weighted by Crippen LogP contribution is -2.58. The van der Waals surface area contributed by atoms with Crippen LogP contribution in [-0.2, 0) is 14.3 Å². The van der Waals surface area contributed by atoms with Gasteiger partial charge in [0.15, 0.2) is 0 Å². The minimum atomic E-state index is -0.759. The molecule has 1 aromatic rings. The van der Waals surface area contributed by atoms with Crippen molar-refractivity contribution in [2.75, 3.05) is 29.3 Å². The molecule has 1 aromatic carbocycles. The van der Waals surface area contributed by atoms with E-state index in [4.69, 9.17) is 4.74 Å². The summed E-state index contributed by atoms with van der Waals surface area (Å²) < 4.78 is 4.80. The van der Waals surface area contributed by atoms with E-state index in [2.05, 4.69) is 10.6 Å². The van der Waals surface area contributed by atoms with E-state index in [-0.39, 0.29) is 11.8 Å². The Balaban J connectivity index is 2.33. The van der Waals surface area contributed by atoms with Crippen molar-refractivity contribution in [2.45, 2.75) is 32.4 Å². The quantitative estimate of drug-likeness (QED) is 0.742. The largest absolute Gasteiger partial charge is 0.467 e. The molecule has 2 atom stereocenters. The van der Waals surface area contributed by atoms with Crippen molar-refractivity contribution >= 4 is 41.0 Å². The summed E-state index contributed by atoms with van der Waals surface area (Å²) in [5.74, 6) is -0.141. The van der Waals surface area contributed by atoms with Crippen LogP contribution in [0.15, 0.2) is 24.3 Å². The number of benzene rings is 1. The molecule has 2 rings (SSSR count). The lowest BCUT2D eigenvalue weighted by Gasteiger charge is -2.38. The number of esters is 1. The molecule has 142 valence electrons. The highest BCUT2D eigenvalue weighted by Gasteiger charge is 2.39. The van der Waals surface area contributed by atoms with Crippen LogP contribution in [0.25, 0.3) is 0 Å². The molecule has 1 aliphatic heterocycles. The topological polar surface area (TPSA) is 87.7 Å². The number of carbonyl (C=O) groups is 3. The van der Waals surface area contributed by atoms with Crippen molar-refractivity contribution in [3.8, 4) is 0 Å². The van der Waals surface area contributed by atoms with E-state index in [9.17, 15) is 14.4 Å². The first kappa shape index (κ1) is 20.1. The Morgan fingerprint density at radius 1 is 1.35 bits per heavy atom. The van der Waals surface area contributed by atoms with Gasteiger partial charge in [-0.25, -0.2) is 9.59 Å². The summed E-state index contributed by atoms with van der Waals surface area (Å²) in [6.07, 6.45) is 2.38. The van der Waals surface area contributed by atoms with Gasteiger partial charge in [-0.15, -0.1) is 0 Å². The zero-order valence-corrected chi connectivity index (χ0v) is 16.3. The number of nitrogens with zero attached hydrogens (tertiary/aromatic N) is 1. The van der Waals surface area contributed by atoms with Crippen LogP contribution in [0.2, 0.25) is 0 Å². The molecule has 0 fully saturated rings. The molecular formula is C18H25N3O4S. The molecule has 26 heavy (non-hydrogen) atoms. The maximum atomic E-state index is 13.0. The van der Waals surface area contributed by atoms with E-state index >= 15 is 0 Å². The molecule has 0 aromatic heterocycles. The third-order valence-electron chi connectivity index (χ3n) is 4.21. The fourth-order valence-electron chi connectivity index (χ4n) is 2.95. The second-order valence-electron chi connectivity index (χ2n) is 6.37. The number of thioether (sulfide) groups is 1. The van der Waals surface area contributed by atoms with Gasteiger partial charge in [0.05, 0.1) is 18.5 Å². The zero-order valence-electron chi connectivity index (χ0n) is 15.4. The van der Waals surface area contributed by atoms with Gasteiger partial charge in [-0.1, -0.05) is 26.0 Å². The van der Waals surface area contributed by atoms with Crippen molar-refractivity contribution in [1.29, 1.82) is 0 Å². The van der Waals surface area contributed by atoms with Crippen LogP contribution in [0.5, 0.6) is 0 Å². The normalized spacial score (nSPS) is 17.3. The Kier molecular flexibility index (Phi) is 6.90. The molecule has 1 heterocycles. The lowest BCUT2D eigenvalue weighted by molar-refractivity contribution is -0.142. The SMILES string of the molecule is COC(=O)[C@H](CCSC)NC(=O)N1c2ccccc2NC(=O)[C@@H]1C(C)C. The molecule has 0 radical (unpaired) electrons. The molecule has 1 aliphatic rings. The van der Waals surface area contributed by atoms with Gasteiger partial charge in [-0.3, -0.25) is 9.69 Å². The van der Waals surface area contributed by atoms with E-state index in [1.54, 1.807) is 36.0 Å². The highest BCUT2D eigenvalue weighted by atomic mass is 32.2. The third-order valence-corrected chi connectivity index (χ3v) is 4.86. The van der Waals surface area contributed by atoms with Crippen molar-refractivity contribution in [3.63, 3.8) is 0 Å². The van der Waals surface area contributed by atoms with Crippen LogP contribution < -0.4 is 15.5 Å². The molecule has 3 amide bonds. The highest BCUT2D eigenvalue weighted by Crippen LogP contribution is 2.34. The molecule has 0 saturated carbocycles. The fourth-order valence-corrected chi connectivity index (χ4v) is 3.42. The summed E-state index contributed by atoms with van der Waals surface area (Å²) in [5.41, 5.74) is 1.18. The van der Waals surface area contributed by atoms with Crippen LogP contribution in [0.4, 0.5) is 16.2 Å². The molecule has 0 saturated heterocycles. The van der Waals surface area contributed by atoms with Crippen LogP contribution in [0, 0.1) is 5.92 Å². The summed E-state index contributed by atoms with van der Waals surface area (Å²) in [6, 6.07) is 5.21. The smallest absolute Gasteiger partial charge is 0.328 e. The number of hydrogen-bond donors (Lipinski definition) is 2. The van der Waals surface area contributed by atoms with Gasteiger partial charge in [0.1, 0.15) is 12.1 Å². The van der Waals surface area contributed by atoms with Crippen LogP contribution >= 0.6 is 11.8 Å². The molecule has 0 bridgehead atoms. The van der Waals surface area contributed by atoms with Crippen molar-refractivity contribution < 1.29 is 19.1 Å². The lowest BCUT2D eigenvalue weighted by atomic mass is 9.98. The molecule has 2 N–H and O–H groups in total. The maximum absolute atomic E-state index is 13.0. The van der Waals surface area contributed by atoms with Crippen LogP contribution in [0.1, 0.15) is 20.3 Å². The summed E-state index contributed by atoms with van der Waals surface area (Å²) in [7, 11) is 1.29. The Morgan fingerprint density at radius 2 is 2.04 bits per heavy atom. The number of nitrogens with one attached hydrogen (secondary N) is 2. The molecule has 0 aliphatic carbocycles. The number of fused-ring (bicyclic) bond motifs is 1. The molecule has 8 heteroatoms. The highest BCUT2D eigenvalue weighted by molar-refractivity contribution is 7.98. The van der Waals surface area contributed by atoms with Gasteiger partial charge in [0.25, 0.3) is 0 Å². The molecule has 7 nitrogen and oxygen atoms in total. The standard InChI is InChI=1S/C18H25N3O4S/c1-11(2)15-16(22)19-12-7-5-6-8-14(12)21(15)18(24)20-13(9-10-26-4)17(23)25-3/h5-8,11,13,15H,9-10H2,1-4H3,(H,19,22)(H,20,24)/t13-,15-/m0/s1. The van der Waals surface area contributed by atoms with Crippen LogP contribution in [0.3, 0.4) is 0 Å². The number of carbonyl (C=O) groups excluding carboxylic acids is 3. The average molecular weight is 379 g/mol. The summed E-state index contributed by atoms with van der Waals surface area (Å²) >= 11 is 1.58. The van der Waals surface area contributed by atoms with E-state index in [1.807, 2.05) is 20.1 Å². The van der Waals surface area contributed by atoms with Crippen molar-refractivity contribution in [3.05, 3.63) is 24.3 Å².